The van der Waals surface area contributed by atoms with Crippen molar-refractivity contribution in [1.29, 1.82) is 0 Å². The van der Waals surface area contributed by atoms with E-state index in [-0.39, 0.29) is 18.1 Å². The summed E-state index contributed by atoms with van der Waals surface area (Å²) < 4.78 is 5.95. The normalized spacial score (nSPS) is 24.0. The number of fused-ring (bicyclic) bond motifs is 1. The van der Waals surface area contributed by atoms with E-state index in [4.69, 9.17) is 4.74 Å². The summed E-state index contributed by atoms with van der Waals surface area (Å²) in [6.07, 6.45) is 8.79. The molecule has 2 aliphatic rings. The third kappa shape index (κ3) is 5.19. The lowest BCUT2D eigenvalue weighted by Gasteiger charge is -2.26. The van der Waals surface area contributed by atoms with Crippen molar-refractivity contribution in [3.63, 3.8) is 0 Å². The maximum atomic E-state index is 11.5. The van der Waals surface area contributed by atoms with Gasteiger partial charge in [0.15, 0.2) is 0 Å². The van der Waals surface area contributed by atoms with Crippen LogP contribution in [0.25, 0.3) is 0 Å². The zero-order chi connectivity index (χ0) is 17.5. The standard InChI is InChI=1S/C20H30N2O3/c23-18-9-4-2-1-3-7-17(18)21-13-6-14-25-19-10-5-8-16-15(19)11-12-20(24)22-16/h5,8,10,17-18,21,23H,1-4,6-7,9,11-14H2,(H,22,24). The van der Waals surface area contributed by atoms with E-state index in [0.717, 1.165) is 55.6 Å². The number of amides is 1. The van der Waals surface area contributed by atoms with Crippen LogP contribution in [0.5, 0.6) is 5.75 Å². The van der Waals surface area contributed by atoms with Gasteiger partial charge in [-0.3, -0.25) is 4.79 Å². The zero-order valence-electron chi connectivity index (χ0n) is 14.9. The Kier molecular flexibility index (Phi) is 6.70. The molecule has 2 atom stereocenters. The van der Waals surface area contributed by atoms with Crippen LogP contribution in [0, 0.1) is 0 Å². The van der Waals surface area contributed by atoms with Crippen molar-refractivity contribution in [3.05, 3.63) is 23.8 Å². The quantitative estimate of drug-likeness (QED) is 0.693. The van der Waals surface area contributed by atoms with Crippen LogP contribution in [0.2, 0.25) is 0 Å². The van der Waals surface area contributed by atoms with E-state index in [1.165, 1.54) is 19.3 Å². The second kappa shape index (κ2) is 9.20. The smallest absolute Gasteiger partial charge is 0.224 e. The molecule has 0 saturated heterocycles. The fourth-order valence-corrected chi connectivity index (χ4v) is 3.77. The molecule has 1 saturated carbocycles. The average Bonchev–Trinajstić information content (AvgIpc) is 2.60. The second-order valence-electron chi connectivity index (χ2n) is 7.15. The SMILES string of the molecule is O=C1CCc2c(cccc2OCCCNC2CCCCCCC2O)N1. The summed E-state index contributed by atoms with van der Waals surface area (Å²) in [4.78, 5) is 11.5. The Hall–Kier alpha value is -1.59. The van der Waals surface area contributed by atoms with Crippen molar-refractivity contribution >= 4 is 11.6 Å². The molecule has 5 heteroatoms. The van der Waals surface area contributed by atoms with Crippen molar-refractivity contribution in [2.75, 3.05) is 18.5 Å². The molecule has 5 nitrogen and oxygen atoms in total. The highest BCUT2D eigenvalue weighted by molar-refractivity contribution is 5.94. The molecule has 1 amide bonds. The number of carbonyl (C=O) groups is 1. The molecular formula is C20H30N2O3. The molecule has 0 radical (unpaired) electrons. The molecule has 2 unspecified atom stereocenters. The summed E-state index contributed by atoms with van der Waals surface area (Å²) in [5.74, 6) is 0.954. The van der Waals surface area contributed by atoms with E-state index in [2.05, 4.69) is 10.6 Å². The summed E-state index contributed by atoms with van der Waals surface area (Å²) in [7, 11) is 0. The van der Waals surface area contributed by atoms with Gasteiger partial charge < -0.3 is 20.5 Å². The molecule has 3 N–H and O–H groups in total. The second-order valence-corrected chi connectivity index (χ2v) is 7.15. The molecule has 0 bridgehead atoms. The Morgan fingerprint density at radius 1 is 1.16 bits per heavy atom. The molecule has 1 fully saturated rings. The minimum Gasteiger partial charge on any atom is -0.493 e. The molecule has 1 aromatic rings. The van der Waals surface area contributed by atoms with E-state index in [1.54, 1.807) is 0 Å². The van der Waals surface area contributed by atoms with Crippen molar-refractivity contribution in [3.8, 4) is 5.75 Å². The lowest BCUT2D eigenvalue weighted by atomic mass is 9.94. The summed E-state index contributed by atoms with van der Waals surface area (Å²) in [6.45, 7) is 1.49. The van der Waals surface area contributed by atoms with Gasteiger partial charge in [-0.15, -0.1) is 0 Å². The van der Waals surface area contributed by atoms with Crippen LogP contribution < -0.4 is 15.4 Å². The van der Waals surface area contributed by atoms with Crippen LogP contribution in [0.4, 0.5) is 5.69 Å². The Morgan fingerprint density at radius 3 is 2.88 bits per heavy atom. The molecule has 1 aliphatic carbocycles. The van der Waals surface area contributed by atoms with Crippen LogP contribution in [-0.4, -0.2) is 36.3 Å². The van der Waals surface area contributed by atoms with Gasteiger partial charge in [0.1, 0.15) is 5.75 Å². The van der Waals surface area contributed by atoms with Crippen molar-refractivity contribution in [2.45, 2.75) is 69.9 Å². The molecule has 0 spiro atoms. The molecule has 3 rings (SSSR count). The van der Waals surface area contributed by atoms with Crippen molar-refractivity contribution in [2.24, 2.45) is 0 Å². The van der Waals surface area contributed by atoms with Crippen molar-refractivity contribution in [1.82, 2.24) is 5.32 Å². The number of anilines is 1. The highest BCUT2D eigenvalue weighted by Crippen LogP contribution is 2.31. The molecule has 1 aromatic carbocycles. The van der Waals surface area contributed by atoms with E-state index < -0.39 is 0 Å². The van der Waals surface area contributed by atoms with E-state index >= 15 is 0 Å². The number of aliphatic hydroxyl groups is 1. The van der Waals surface area contributed by atoms with Crippen molar-refractivity contribution < 1.29 is 14.6 Å². The van der Waals surface area contributed by atoms with Gasteiger partial charge >= 0.3 is 0 Å². The fourth-order valence-electron chi connectivity index (χ4n) is 3.77. The fraction of sp³-hybridized carbons (Fsp3) is 0.650. The Balaban J connectivity index is 1.41. The predicted octanol–water partition coefficient (Wildman–Crippen LogP) is 3.01. The lowest BCUT2D eigenvalue weighted by Crippen LogP contribution is -2.41. The van der Waals surface area contributed by atoms with Gasteiger partial charge in [0, 0.05) is 23.7 Å². The maximum Gasteiger partial charge on any atom is 0.224 e. The summed E-state index contributed by atoms with van der Waals surface area (Å²) in [5, 5.41) is 16.6. The number of nitrogens with one attached hydrogen (secondary N) is 2. The first-order valence-corrected chi connectivity index (χ1v) is 9.70. The van der Waals surface area contributed by atoms with Gasteiger partial charge in [0.25, 0.3) is 0 Å². The molecule has 1 aliphatic heterocycles. The number of benzene rings is 1. The summed E-state index contributed by atoms with van der Waals surface area (Å²) >= 11 is 0. The largest absolute Gasteiger partial charge is 0.493 e. The minimum atomic E-state index is -0.217. The Bertz CT molecular complexity index is 576. The van der Waals surface area contributed by atoms with Crippen LogP contribution in [-0.2, 0) is 11.2 Å². The number of hydrogen-bond donors (Lipinski definition) is 3. The van der Waals surface area contributed by atoms with E-state index in [0.29, 0.717) is 13.0 Å². The molecule has 1 heterocycles. The van der Waals surface area contributed by atoms with Gasteiger partial charge in [-0.2, -0.15) is 0 Å². The maximum absolute atomic E-state index is 11.5. The monoisotopic (exact) mass is 346 g/mol. The van der Waals surface area contributed by atoms with Crippen LogP contribution >= 0.6 is 0 Å². The third-order valence-electron chi connectivity index (χ3n) is 5.22. The van der Waals surface area contributed by atoms with Gasteiger partial charge in [-0.05, 0) is 44.4 Å². The number of rotatable bonds is 6. The summed E-state index contributed by atoms with van der Waals surface area (Å²) in [6, 6.07) is 6.04. The molecular weight excluding hydrogens is 316 g/mol. The van der Waals surface area contributed by atoms with E-state index in [9.17, 15) is 9.90 Å². The Morgan fingerprint density at radius 2 is 2.00 bits per heavy atom. The first-order chi connectivity index (χ1) is 12.2. The summed E-state index contributed by atoms with van der Waals surface area (Å²) in [5.41, 5.74) is 1.98. The first-order valence-electron chi connectivity index (χ1n) is 9.70. The van der Waals surface area contributed by atoms with Gasteiger partial charge in [-0.1, -0.05) is 31.7 Å². The van der Waals surface area contributed by atoms with Crippen LogP contribution in [0.15, 0.2) is 18.2 Å². The Labute approximate surface area is 150 Å². The number of aliphatic hydroxyl groups excluding tert-OH is 1. The predicted molar refractivity (Wildman–Crippen MR) is 99.0 cm³/mol. The van der Waals surface area contributed by atoms with Gasteiger partial charge in [-0.25, -0.2) is 0 Å². The zero-order valence-corrected chi connectivity index (χ0v) is 14.9. The molecule has 0 aromatic heterocycles. The first kappa shape index (κ1) is 18.2. The minimum absolute atomic E-state index is 0.0756. The number of carbonyl (C=O) groups excluding carboxylic acids is 1. The van der Waals surface area contributed by atoms with Crippen LogP contribution in [0.1, 0.15) is 56.9 Å². The molecule has 25 heavy (non-hydrogen) atoms. The number of hydrogen-bond acceptors (Lipinski definition) is 4. The highest BCUT2D eigenvalue weighted by Gasteiger charge is 2.20. The average molecular weight is 346 g/mol. The van der Waals surface area contributed by atoms with Crippen LogP contribution in [0.3, 0.4) is 0 Å². The van der Waals surface area contributed by atoms with Gasteiger partial charge in [0.2, 0.25) is 5.91 Å². The number of ether oxygens (including phenoxy) is 1. The lowest BCUT2D eigenvalue weighted by molar-refractivity contribution is -0.116. The van der Waals surface area contributed by atoms with Gasteiger partial charge in [0.05, 0.1) is 12.7 Å². The topological polar surface area (TPSA) is 70.6 Å². The third-order valence-corrected chi connectivity index (χ3v) is 5.22. The molecule has 138 valence electrons. The highest BCUT2D eigenvalue weighted by atomic mass is 16.5. The van der Waals surface area contributed by atoms with E-state index in [1.807, 2.05) is 18.2 Å².